The van der Waals surface area contributed by atoms with E-state index >= 15 is 0 Å². The molecule has 0 heterocycles. The van der Waals surface area contributed by atoms with Gasteiger partial charge in [-0.1, -0.05) is 12.8 Å². The average Bonchev–Trinajstić information content (AvgIpc) is 2.98. The van der Waals surface area contributed by atoms with Crippen LogP contribution < -0.4 is 10.6 Å². The fraction of sp³-hybridized carbons (Fsp3) is 0.429. The Morgan fingerprint density at radius 2 is 1.90 bits per heavy atom. The van der Waals surface area contributed by atoms with Gasteiger partial charge in [-0.15, -0.1) is 0 Å². The maximum atomic E-state index is 12.2. The van der Waals surface area contributed by atoms with Gasteiger partial charge in [0, 0.05) is 24.7 Å². The molecule has 2 amide bonds. The Bertz CT molecular complexity index is 580. The SMILES string of the molecule is CNC(=O)c1ccc([N+](=O)[O-])c(C(=O)NC2CCCC2)c1. The number of nitrogens with one attached hydrogen (secondary N) is 2. The van der Waals surface area contributed by atoms with Crippen LogP contribution in [-0.4, -0.2) is 29.8 Å². The Hall–Kier alpha value is -2.44. The number of amides is 2. The molecule has 1 saturated carbocycles. The van der Waals surface area contributed by atoms with Crippen LogP contribution in [0.4, 0.5) is 5.69 Å². The number of hydrogen-bond acceptors (Lipinski definition) is 4. The first-order valence-corrected chi connectivity index (χ1v) is 6.84. The summed E-state index contributed by atoms with van der Waals surface area (Å²) in [6.45, 7) is 0. The number of nitro groups is 1. The molecule has 1 aliphatic carbocycles. The molecule has 0 spiro atoms. The lowest BCUT2D eigenvalue weighted by atomic mass is 10.1. The fourth-order valence-corrected chi connectivity index (χ4v) is 2.50. The number of carbonyl (C=O) groups is 2. The third kappa shape index (κ3) is 3.36. The van der Waals surface area contributed by atoms with E-state index in [1.165, 1.54) is 25.2 Å². The van der Waals surface area contributed by atoms with Crippen LogP contribution in [0.5, 0.6) is 0 Å². The Morgan fingerprint density at radius 3 is 2.48 bits per heavy atom. The molecule has 0 atom stereocenters. The molecule has 0 saturated heterocycles. The van der Waals surface area contributed by atoms with E-state index in [-0.39, 0.29) is 28.8 Å². The molecule has 112 valence electrons. The summed E-state index contributed by atoms with van der Waals surface area (Å²) >= 11 is 0. The van der Waals surface area contributed by atoms with Crippen molar-refractivity contribution in [3.8, 4) is 0 Å². The molecule has 1 fully saturated rings. The van der Waals surface area contributed by atoms with Crippen LogP contribution in [-0.2, 0) is 0 Å². The van der Waals surface area contributed by atoms with Gasteiger partial charge in [0.15, 0.2) is 0 Å². The topological polar surface area (TPSA) is 101 Å². The highest BCUT2D eigenvalue weighted by Crippen LogP contribution is 2.22. The lowest BCUT2D eigenvalue weighted by Gasteiger charge is -2.12. The molecule has 0 aromatic heterocycles. The quantitative estimate of drug-likeness (QED) is 0.650. The first-order chi connectivity index (χ1) is 10.0. The van der Waals surface area contributed by atoms with E-state index in [2.05, 4.69) is 10.6 Å². The summed E-state index contributed by atoms with van der Waals surface area (Å²) in [6, 6.07) is 3.85. The van der Waals surface area contributed by atoms with Gasteiger partial charge in [-0.2, -0.15) is 0 Å². The van der Waals surface area contributed by atoms with Crippen molar-refractivity contribution in [2.24, 2.45) is 0 Å². The molecule has 1 aliphatic rings. The van der Waals surface area contributed by atoms with Crippen molar-refractivity contribution >= 4 is 17.5 Å². The van der Waals surface area contributed by atoms with Gasteiger partial charge in [0.05, 0.1) is 4.92 Å². The van der Waals surface area contributed by atoms with Gasteiger partial charge in [0.25, 0.3) is 17.5 Å². The van der Waals surface area contributed by atoms with E-state index in [4.69, 9.17) is 0 Å². The van der Waals surface area contributed by atoms with E-state index in [9.17, 15) is 19.7 Å². The van der Waals surface area contributed by atoms with E-state index in [1.807, 2.05) is 0 Å². The molecule has 0 radical (unpaired) electrons. The largest absolute Gasteiger partial charge is 0.355 e. The molecule has 7 heteroatoms. The lowest BCUT2D eigenvalue weighted by Crippen LogP contribution is -2.33. The molecule has 0 aliphatic heterocycles. The molecule has 7 nitrogen and oxygen atoms in total. The van der Waals surface area contributed by atoms with Crippen LogP contribution in [0.25, 0.3) is 0 Å². The smallest absolute Gasteiger partial charge is 0.282 e. The van der Waals surface area contributed by atoms with Crippen molar-refractivity contribution in [3.63, 3.8) is 0 Å². The maximum absolute atomic E-state index is 12.2. The summed E-state index contributed by atoms with van der Waals surface area (Å²) in [5.41, 5.74) is -0.147. The molecular weight excluding hydrogens is 274 g/mol. The number of nitrogens with zero attached hydrogens (tertiary/aromatic N) is 1. The van der Waals surface area contributed by atoms with Gasteiger partial charge in [-0.3, -0.25) is 19.7 Å². The minimum atomic E-state index is -0.614. The van der Waals surface area contributed by atoms with Crippen molar-refractivity contribution in [2.75, 3.05) is 7.05 Å². The number of hydrogen-bond donors (Lipinski definition) is 2. The predicted molar refractivity (Wildman–Crippen MR) is 76.2 cm³/mol. The molecule has 0 unspecified atom stereocenters. The Balaban J connectivity index is 2.30. The zero-order valence-electron chi connectivity index (χ0n) is 11.7. The van der Waals surface area contributed by atoms with Crippen LogP contribution in [0.3, 0.4) is 0 Å². The van der Waals surface area contributed by atoms with Gasteiger partial charge < -0.3 is 10.6 Å². The summed E-state index contributed by atoms with van der Waals surface area (Å²) in [5, 5.41) is 16.3. The van der Waals surface area contributed by atoms with Gasteiger partial charge in [-0.25, -0.2) is 0 Å². The molecule has 21 heavy (non-hydrogen) atoms. The number of nitro benzene ring substituents is 1. The third-order valence-electron chi connectivity index (χ3n) is 3.62. The van der Waals surface area contributed by atoms with Crippen LogP contribution in [0.2, 0.25) is 0 Å². The zero-order chi connectivity index (χ0) is 15.4. The van der Waals surface area contributed by atoms with Crippen LogP contribution in [0.15, 0.2) is 18.2 Å². The van der Waals surface area contributed by atoms with E-state index in [1.54, 1.807) is 0 Å². The first kappa shape index (κ1) is 15.0. The molecule has 2 rings (SSSR count). The first-order valence-electron chi connectivity index (χ1n) is 6.84. The molecule has 1 aromatic rings. The fourth-order valence-electron chi connectivity index (χ4n) is 2.50. The van der Waals surface area contributed by atoms with Crippen molar-refractivity contribution in [3.05, 3.63) is 39.4 Å². The van der Waals surface area contributed by atoms with E-state index in [0.29, 0.717) is 0 Å². The third-order valence-corrected chi connectivity index (χ3v) is 3.62. The second kappa shape index (κ2) is 6.34. The summed E-state index contributed by atoms with van der Waals surface area (Å²) in [6.07, 6.45) is 3.86. The summed E-state index contributed by atoms with van der Waals surface area (Å²) in [4.78, 5) is 34.3. The normalized spacial score (nSPS) is 14.7. The molecule has 2 N–H and O–H groups in total. The second-order valence-corrected chi connectivity index (χ2v) is 5.02. The van der Waals surface area contributed by atoms with Gasteiger partial charge in [0.1, 0.15) is 5.56 Å². The van der Waals surface area contributed by atoms with Gasteiger partial charge in [0.2, 0.25) is 0 Å². The van der Waals surface area contributed by atoms with Gasteiger partial charge in [-0.05, 0) is 25.0 Å². The van der Waals surface area contributed by atoms with Crippen molar-refractivity contribution < 1.29 is 14.5 Å². The van der Waals surface area contributed by atoms with Crippen LogP contribution >= 0.6 is 0 Å². The maximum Gasteiger partial charge on any atom is 0.282 e. The predicted octanol–water partition coefficient (Wildman–Crippen LogP) is 1.63. The highest BCUT2D eigenvalue weighted by molar-refractivity contribution is 6.02. The Morgan fingerprint density at radius 1 is 1.24 bits per heavy atom. The minimum Gasteiger partial charge on any atom is -0.355 e. The minimum absolute atomic E-state index is 0.0563. The standard InChI is InChI=1S/C14H17N3O4/c1-15-13(18)9-6-7-12(17(20)21)11(8-9)14(19)16-10-4-2-3-5-10/h6-8,10H,2-5H2,1H3,(H,15,18)(H,16,19). The van der Waals surface area contributed by atoms with E-state index in [0.717, 1.165) is 25.7 Å². The van der Waals surface area contributed by atoms with Crippen molar-refractivity contribution in [1.29, 1.82) is 0 Å². The van der Waals surface area contributed by atoms with Crippen molar-refractivity contribution in [1.82, 2.24) is 10.6 Å². The second-order valence-electron chi connectivity index (χ2n) is 5.02. The Kier molecular flexibility index (Phi) is 4.52. The molecule has 0 bridgehead atoms. The monoisotopic (exact) mass is 291 g/mol. The van der Waals surface area contributed by atoms with Crippen LogP contribution in [0, 0.1) is 10.1 Å². The van der Waals surface area contributed by atoms with E-state index < -0.39 is 10.8 Å². The Labute approximate surface area is 121 Å². The average molecular weight is 291 g/mol. The zero-order valence-corrected chi connectivity index (χ0v) is 11.7. The molecular formula is C14H17N3O4. The van der Waals surface area contributed by atoms with Gasteiger partial charge >= 0.3 is 0 Å². The van der Waals surface area contributed by atoms with Crippen molar-refractivity contribution in [2.45, 2.75) is 31.7 Å². The summed E-state index contributed by atoms with van der Waals surface area (Å²) < 4.78 is 0. The lowest BCUT2D eigenvalue weighted by molar-refractivity contribution is -0.385. The summed E-state index contributed by atoms with van der Waals surface area (Å²) in [7, 11) is 1.46. The summed E-state index contributed by atoms with van der Waals surface area (Å²) in [5.74, 6) is -0.890. The number of carbonyl (C=O) groups excluding carboxylic acids is 2. The van der Waals surface area contributed by atoms with Crippen LogP contribution in [0.1, 0.15) is 46.4 Å². The number of rotatable bonds is 4. The molecule has 1 aromatic carbocycles. The highest BCUT2D eigenvalue weighted by atomic mass is 16.6. The number of benzene rings is 1. The highest BCUT2D eigenvalue weighted by Gasteiger charge is 2.25.